The Balaban J connectivity index is 2.30. The summed E-state index contributed by atoms with van der Waals surface area (Å²) in [6.45, 7) is 2.08. The molecule has 2 aromatic carbocycles. The lowest BCUT2D eigenvalue weighted by Gasteiger charge is -2.16. The SMILES string of the molecule is CNC(C)c1ccccc1Oc1cccc(C#N)c1. The number of rotatable bonds is 4. The first kappa shape index (κ1) is 13.1. The highest BCUT2D eigenvalue weighted by Crippen LogP contribution is 2.29. The van der Waals surface area contributed by atoms with Gasteiger partial charge >= 0.3 is 0 Å². The van der Waals surface area contributed by atoms with Crippen LogP contribution in [0.4, 0.5) is 0 Å². The van der Waals surface area contributed by atoms with Crippen molar-refractivity contribution < 1.29 is 4.74 Å². The van der Waals surface area contributed by atoms with Crippen LogP contribution in [0.25, 0.3) is 0 Å². The molecular weight excluding hydrogens is 236 g/mol. The van der Waals surface area contributed by atoms with E-state index in [0.29, 0.717) is 11.3 Å². The highest BCUT2D eigenvalue weighted by molar-refractivity contribution is 5.42. The first-order valence-electron chi connectivity index (χ1n) is 6.19. The van der Waals surface area contributed by atoms with Gasteiger partial charge in [-0.3, -0.25) is 0 Å². The van der Waals surface area contributed by atoms with Crippen LogP contribution >= 0.6 is 0 Å². The summed E-state index contributed by atoms with van der Waals surface area (Å²) in [5.41, 5.74) is 1.68. The fourth-order valence-electron chi connectivity index (χ4n) is 1.84. The molecule has 0 amide bonds. The van der Waals surface area contributed by atoms with E-state index >= 15 is 0 Å². The van der Waals surface area contributed by atoms with Gasteiger partial charge in [0.2, 0.25) is 0 Å². The molecule has 0 heterocycles. The maximum Gasteiger partial charge on any atom is 0.132 e. The quantitative estimate of drug-likeness (QED) is 0.903. The number of nitrogens with zero attached hydrogens (tertiary/aromatic N) is 1. The average molecular weight is 252 g/mol. The van der Waals surface area contributed by atoms with E-state index in [1.165, 1.54) is 0 Å². The van der Waals surface area contributed by atoms with E-state index < -0.39 is 0 Å². The lowest BCUT2D eigenvalue weighted by atomic mass is 10.1. The Morgan fingerprint density at radius 1 is 1.16 bits per heavy atom. The van der Waals surface area contributed by atoms with Crippen molar-refractivity contribution in [2.45, 2.75) is 13.0 Å². The maximum atomic E-state index is 8.89. The number of ether oxygens (including phenoxy) is 1. The highest BCUT2D eigenvalue weighted by Gasteiger charge is 2.10. The molecule has 2 rings (SSSR count). The van der Waals surface area contributed by atoms with Crippen molar-refractivity contribution in [2.24, 2.45) is 0 Å². The smallest absolute Gasteiger partial charge is 0.132 e. The molecule has 3 heteroatoms. The minimum atomic E-state index is 0.204. The van der Waals surface area contributed by atoms with Gasteiger partial charge in [0, 0.05) is 11.6 Å². The zero-order chi connectivity index (χ0) is 13.7. The Bertz CT molecular complexity index is 602. The summed E-state index contributed by atoms with van der Waals surface area (Å²) in [6, 6.07) is 17.4. The molecule has 0 saturated heterocycles. The summed E-state index contributed by atoms with van der Waals surface area (Å²) in [7, 11) is 1.91. The molecule has 2 aromatic rings. The van der Waals surface area contributed by atoms with Gasteiger partial charge in [-0.1, -0.05) is 24.3 Å². The minimum Gasteiger partial charge on any atom is -0.457 e. The predicted molar refractivity (Wildman–Crippen MR) is 75.1 cm³/mol. The molecule has 0 saturated carbocycles. The molecular formula is C16H16N2O. The second-order valence-corrected chi connectivity index (χ2v) is 4.29. The van der Waals surface area contributed by atoms with E-state index in [4.69, 9.17) is 10.00 Å². The monoisotopic (exact) mass is 252 g/mol. The Labute approximate surface area is 113 Å². The van der Waals surface area contributed by atoms with Gasteiger partial charge in [-0.25, -0.2) is 0 Å². The normalized spacial score (nSPS) is 11.6. The van der Waals surface area contributed by atoms with Crippen molar-refractivity contribution in [2.75, 3.05) is 7.05 Å². The van der Waals surface area contributed by atoms with Gasteiger partial charge in [0.05, 0.1) is 11.6 Å². The Hall–Kier alpha value is -2.31. The molecule has 1 unspecified atom stereocenters. The summed E-state index contributed by atoms with van der Waals surface area (Å²) in [5.74, 6) is 1.48. The van der Waals surface area contributed by atoms with Crippen LogP contribution in [0, 0.1) is 11.3 Å². The van der Waals surface area contributed by atoms with Gasteiger partial charge in [-0.05, 0) is 38.2 Å². The molecule has 0 aliphatic rings. The predicted octanol–water partition coefficient (Wildman–Crippen LogP) is 3.63. The van der Waals surface area contributed by atoms with Gasteiger partial charge in [-0.15, -0.1) is 0 Å². The number of nitrogens with one attached hydrogen (secondary N) is 1. The zero-order valence-electron chi connectivity index (χ0n) is 11.1. The van der Waals surface area contributed by atoms with E-state index in [9.17, 15) is 0 Å². The molecule has 0 aliphatic heterocycles. The van der Waals surface area contributed by atoms with E-state index in [1.807, 2.05) is 43.4 Å². The molecule has 0 fully saturated rings. The lowest BCUT2D eigenvalue weighted by Crippen LogP contribution is -2.13. The topological polar surface area (TPSA) is 45.0 Å². The van der Waals surface area contributed by atoms with Crippen molar-refractivity contribution in [1.29, 1.82) is 5.26 Å². The molecule has 1 atom stereocenters. The van der Waals surface area contributed by atoms with E-state index in [1.54, 1.807) is 12.1 Å². The number of para-hydroxylation sites is 1. The summed E-state index contributed by atoms with van der Waals surface area (Å²) in [4.78, 5) is 0. The number of hydrogen-bond acceptors (Lipinski definition) is 3. The second-order valence-electron chi connectivity index (χ2n) is 4.29. The second kappa shape index (κ2) is 6.03. The third-order valence-corrected chi connectivity index (χ3v) is 3.01. The molecule has 0 bridgehead atoms. The number of hydrogen-bond donors (Lipinski definition) is 1. The fourth-order valence-corrected chi connectivity index (χ4v) is 1.84. The standard InChI is InChI=1S/C16H16N2O/c1-12(18-2)15-8-3-4-9-16(15)19-14-7-5-6-13(10-14)11-17/h3-10,12,18H,1-2H3. The van der Waals surface area contributed by atoms with Crippen molar-refractivity contribution in [3.8, 4) is 17.6 Å². The first-order valence-corrected chi connectivity index (χ1v) is 6.19. The van der Waals surface area contributed by atoms with Crippen molar-refractivity contribution in [3.63, 3.8) is 0 Å². The summed E-state index contributed by atoms with van der Waals surface area (Å²) < 4.78 is 5.88. The van der Waals surface area contributed by atoms with Crippen LogP contribution in [0.15, 0.2) is 48.5 Å². The largest absolute Gasteiger partial charge is 0.457 e. The summed E-state index contributed by atoms with van der Waals surface area (Å²) in [6.07, 6.45) is 0. The van der Waals surface area contributed by atoms with Gasteiger partial charge in [0.25, 0.3) is 0 Å². The molecule has 1 N–H and O–H groups in total. The molecule has 0 aliphatic carbocycles. The summed E-state index contributed by atoms with van der Waals surface area (Å²) >= 11 is 0. The minimum absolute atomic E-state index is 0.204. The van der Waals surface area contributed by atoms with E-state index in [2.05, 4.69) is 18.3 Å². The molecule has 0 radical (unpaired) electrons. The molecule has 96 valence electrons. The number of nitriles is 1. The van der Waals surface area contributed by atoms with Crippen LogP contribution in [-0.4, -0.2) is 7.05 Å². The maximum absolute atomic E-state index is 8.89. The van der Waals surface area contributed by atoms with Gasteiger partial charge in [0.1, 0.15) is 11.5 Å². The average Bonchev–Trinajstić information content (AvgIpc) is 2.47. The van der Waals surface area contributed by atoms with Crippen LogP contribution in [-0.2, 0) is 0 Å². The number of benzene rings is 2. The third-order valence-electron chi connectivity index (χ3n) is 3.01. The first-order chi connectivity index (χ1) is 9.24. The molecule has 0 aromatic heterocycles. The van der Waals surface area contributed by atoms with E-state index in [-0.39, 0.29) is 6.04 Å². The van der Waals surface area contributed by atoms with Gasteiger partial charge in [-0.2, -0.15) is 5.26 Å². The lowest BCUT2D eigenvalue weighted by molar-refractivity contribution is 0.466. The molecule has 3 nitrogen and oxygen atoms in total. The van der Waals surface area contributed by atoms with Crippen LogP contribution in [0.5, 0.6) is 11.5 Å². The van der Waals surface area contributed by atoms with Crippen LogP contribution in [0.2, 0.25) is 0 Å². The fraction of sp³-hybridized carbons (Fsp3) is 0.188. The Morgan fingerprint density at radius 3 is 2.68 bits per heavy atom. The molecule has 0 spiro atoms. The van der Waals surface area contributed by atoms with Crippen LogP contribution in [0.3, 0.4) is 0 Å². The molecule has 19 heavy (non-hydrogen) atoms. The summed E-state index contributed by atoms with van der Waals surface area (Å²) in [5, 5.41) is 12.1. The van der Waals surface area contributed by atoms with Crippen molar-refractivity contribution in [1.82, 2.24) is 5.32 Å². The third kappa shape index (κ3) is 3.12. The van der Waals surface area contributed by atoms with E-state index in [0.717, 1.165) is 11.3 Å². The van der Waals surface area contributed by atoms with Crippen molar-refractivity contribution in [3.05, 3.63) is 59.7 Å². The van der Waals surface area contributed by atoms with Gasteiger partial charge < -0.3 is 10.1 Å². The Morgan fingerprint density at radius 2 is 1.95 bits per heavy atom. The van der Waals surface area contributed by atoms with Gasteiger partial charge in [0.15, 0.2) is 0 Å². The van der Waals surface area contributed by atoms with Crippen LogP contribution in [0.1, 0.15) is 24.1 Å². The van der Waals surface area contributed by atoms with Crippen molar-refractivity contribution >= 4 is 0 Å². The van der Waals surface area contributed by atoms with Crippen LogP contribution < -0.4 is 10.1 Å². The highest BCUT2D eigenvalue weighted by atomic mass is 16.5. The Kier molecular flexibility index (Phi) is 4.17. The zero-order valence-corrected chi connectivity index (χ0v) is 11.1.